The molecule has 0 aliphatic heterocycles. The summed E-state index contributed by atoms with van der Waals surface area (Å²) in [7, 11) is 0. The van der Waals surface area contributed by atoms with Crippen molar-refractivity contribution < 1.29 is 9.47 Å². The molecule has 0 spiro atoms. The largest absolute Gasteiger partial charge is 0.575 e. The predicted molar refractivity (Wildman–Crippen MR) is 49.5 cm³/mol. The maximum absolute atomic E-state index is 5.32. The third-order valence-electron chi connectivity index (χ3n) is 1.15. The molecule has 0 heterocycles. The van der Waals surface area contributed by atoms with Gasteiger partial charge in [-0.2, -0.15) is 0 Å². The second kappa shape index (κ2) is 6.27. The van der Waals surface area contributed by atoms with Gasteiger partial charge in [-0.15, -0.1) is 6.42 Å². The molecule has 0 atom stereocenters. The summed E-state index contributed by atoms with van der Waals surface area (Å²) >= 11 is 2.71. The van der Waals surface area contributed by atoms with Crippen LogP contribution in [0.4, 0.5) is 0 Å². The quantitative estimate of drug-likeness (QED) is 0.404. The summed E-state index contributed by atoms with van der Waals surface area (Å²) in [6.07, 6.45) is 5.30. The molecule has 0 saturated heterocycles. The molecule has 0 aromatic rings. The Morgan fingerprint density at radius 3 is 2.09 bits per heavy atom. The van der Waals surface area contributed by atoms with Crippen molar-refractivity contribution in [2.24, 2.45) is 0 Å². The molecule has 0 rings (SSSR count). The molecule has 4 heteroatoms. The molecule has 0 bridgehead atoms. The van der Waals surface area contributed by atoms with E-state index in [4.69, 9.17) is 15.9 Å². The predicted octanol–water partition coefficient (Wildman–Crippen LogP) is 1.36. The standard InChI is InChI=1S/C7H11O2.BrH.Mg/c1-4-7(8-5-2)9-6-3;;/h1H,5-6H2,2-3H3;1H;/q;;+1/p-1. The molecule has 0 unspecified atom stereocenters. The number of halogens is 1. The van der Waals surface area contributed by atoms with Crippen molar-refractivity contribution in [3.63, 3.8) is 0 Å². The van der Waals surface area contributed by atoms with E-state index in [2.05, 4.69) is 18.8 Å². The van der Waals surface area contributed by atoms with Crippen LogP contribution in [0, 0.1) is 12.3 Å². The summed E-state index contributed by atoms with van der Waals surface area (Å²) in [5, 5.41) is 0. The van der Waals surface area contributed by atoms with Crippen LogP contribution in [0.2, 0.25) is 0 Å². The number of hydrogen-bond acceptors (Lipinski definition) is 2. The van der Waals surface area contributed by atoms with Gasteiger partial charge in [-0.1, -0.05) is 5.92 Å². The van der Waals surface area contributed by atoms with Crippen molar-refractivity contribution in [1.82, 2.24) is 0 Å². The Morgan fingerprint density at radius 1 is 1.45 bits per heavy atom. The molecule has 0 N–H and O–H groups in total. The van der Waals surface area contributed by atoms with Gasteiger partial charge in [0, 0.05) is 13.2 Å². The first-order valence-electron chi connectivity index (χ1n) is 3.56. The average Bonchev–Trinajstić information content (AvgIpc) is 2.04. The lowest BCUT2D eigenvalue weighted by Gasteiger charge is -2.26. The van der Waals surface area contributed by atoms with Gasteiger partial charge in [0.15, 0.2) is 0 Å². The Balaban J connectivity index is 4.11. The zero-order chi connectivity index (χ0) is 8.74. The first-order valence-corrected chi connectivity index (χ1v) is 8.17. The Kier molecular flexibility index (Phi) is 6.68. The zero-order valence-corrected chi connectivity index (χ0v) is 9.89. The number of terminal acetylenes is 1. The highest BCUT2D eigenvalue weighted by atomic mass is 79.9. The maximum Gasteiger partial charge on any atom is 0.575 e. The molecule has 0 aliphatic carbocycles. The summed E-state index contributed by atoms with van der Waals surface area (Å²) in [4.78, 5) is 0. The molecular weight excluding hydrogens is 220 g/mol. The first kappa shape index (κ1) is 11.7. The monoisotopic (exact) mass is 230 g/mol. The van der Waals surface area contributed by atoms with Gasteiger partial charge in [0.2, 0.25) is 0 Å². The maximum atomic E-state index is 5.32. The molecular formula is C7H11BrMgO2. The Labute approximate surface area is 83.6 Å². The van der Waals surface area contributed by atoms with Crippen LogP contribution in [0.5, 0.6) is 0 Å². The average molecular weight is 231 g/mol. The van der Waals surface area contributed by atoms with E-state index in [0.717, 1.165) is 0 Å². The minimum Gasteiger partial charge on any atom is -0.365 e. The van der Waals surface area contributed by atoms with Crippen molar-refractivity contribution >= 4 is 31.1 Å². The molecule has 0 radical (unpaired) electrons. The van der Waals surface area contributed by atoms with Crippen molar-refractivity contribution in [2.75, 3.05) is 13.2 Å². The van der Waals surface area contributed by atoms with E-state index in [-0.39, 0.29) is 0 Å². The van der Waals surface area contributed by atoms with Gasteiger partial charge >= 0.3 is 18.2 Å². The molecule has 0 amide bonds. The van der Waals surface area contributed by atoms with Crippen LogP contribution in [0.3, 0.4) is 0 Å². The van der Waals surface area contributed by atoms with Crippen molar-refractivity contribution in [3.05, 3.63) is 0 Å². The lowest BCUT2D eigenvalue weighted by molar-refractivity contribution is -0.133. The van der Waals surface area contributed by atoms with Gasteiger partial charge in [-0.25, -0.2) is 0 Å². The summed E-state index contributed by atoms with van der Waals surface area (Å²) in [5.41, 5.74) is 0. The van der Waals surface area contributed by atoms with Gasteiger partial charge in [0.05, 0.1) is 0 Å². The summed E-state index contributed by atoms with van der Waals surface area (Å²) in [6.45, 7) is 4.98. The molecule has 0 aromatic carbocycles. The molecule has 2 nitrogen and oxygen atoms in total. The second-order valence-electron chi connectivity index (χ2n) is 1.90. The third-order valence-corrected chi connectivity index (χ3v) is 4.33. The normalized spacial score (nSPS) is 10.4. The molecule has 11 heavy (non-hydrogen) atoms. The lowest BCUT2D eigenvalue weighted by Crippen LogP contribution is -2.38. The van der Waals surface area contributed by atoms with Crippen molar-refractivity contribution in [1.29, 1.82) is 0 Å². The van der Waals surface area contributed by atoms with Crippen LogP contribution in [0.25, 0.3) is 0 Å². The highest BCUT2D eigenvalue weighted by Crippen LogP contribution is 2.12. The van der Waals surface area contributed by atoms with Crippen LogP contribution in [-0.4, -0.2) is 35.3 Å². The minimum atomic E-state index is -0.733. The van der Waals surface area contributed by atoms with Crippen LogP contribution >= 0.6 is 12.9 Å². The zero-order valence-electron chi connectivity index (χ0n) is 6.89. The lowest BCUT2D eigenvalue weighted by atomic mass is 10.6. The smallest absolute Gasteiger partial charge is 0.365 e. The topological polar surface area (TPSA) is 18.5 Å². The first-order chi connectivity index (χ1) is 5.24. The SMILES string of the molecule is C#C[C](OCC)(OCC)[Mg][Br]. The summed E-state index contributed by atoms with van der Waals surface area (Å²) < 4.78 is 9.92. The van der Waals surface area contributed by atoms with E-state index in [1.807, 2.05) is 13.8 Å². The minimum absolute atomic E-state index is 0.586. The number of ether oxygens (including phenoxy) is 2. The van der Waals surface area contributed by atoms with E-state index >= 15 is 0 Å². The van der Waals surface area contributed by atoms with Crippen LogP contribution in [0.15, 0.2) is 0 Å². The van der Waals surface area contributed by atoms with E-state index in [1.165, 1.54) is 0 Å². The van der Waals surface area contributed by atoms with Crippen molar-refractivity contribution in [2.45, 2.75) is 17.8 Å². The molecule has 0 aromatic heterocycles. The second-order valence-corrected chi connectivity index (χ2v) is 4.78. The van der Waals surface area contributed by atoms with Crippen LogP contribution in [-0.2, 0) is 9.47 Å². The van der Waals surface area contributed by atoms with E-state index in [9.17, 15) is 0 Å². The summed E-state index contributed by atoms with van der Waals surface area (Å²) in [6, 6.07) is 0. The molecule has 0 saturated carbocycles. The van der Waals surface area contributed by atoms with Gasteiger partial charge in [-0.05, 0) is 13.8 Å². The Morgan fingerprint density at radius 2 is 1.91 bits per heavy atom. The van der Waals surface area contributed by atoms with Crippen molar-refractivity contribution in [3.8, 4) is 12.3 Å². The number of hydrogen-bond donors (Lipinski definition) is 0. The van der Waals surface area contributed by atoms with E-state index < -0.39 is 22.1 Å². The highest BCUT2D eigenvalue weighted by molar-refractivity contribution is 9.23. The molecule has 0 aliphatic rings. The third kappa shape index (κ3) is 3.77. The fourth-order valence-corrected chi connectivity index (χ4v) is 2.80. The van der Waals surface area contributed by atoms with Crippen LogP contribution in [0.1, 0.15) is 13.8 Å². The fourth-order valence-electron chi connectivity index (χ4n) is 0.707. The summed E-state index contributed by atoms with van der Waals surface area (Å²) in [5.74, 6) is 2.54. The highest BCUT2D eigenvalue weighted by Gasteiger charge is 2.29. The fraction of sp³-hybridized carbons (Fsp3) is 0.714. The van der Waals surface area contributed by atoms with Gasteiger partial charge in [0.25, 0.3) is 0 Å². The Bertz CT molecular complexity index is 138. The number of rotatable bonds is 5. The van der Waals surface area contributed by atoms with Gasteiger partial charge in [0.1, 0.15) is 3.92 Å². The molecule has 0 fully saturated rings. The van der Waals surface area contributed by atoms with Crippen LogP contribution < -0.4 is 0 Å². The van der Waals surface area contributed by atoms with E-state index in [1.54, 1.807) is 0 Å². The van der Waals surface area contributed by atoms with Gasteiger partial charge < -0.3 is 9.47 Å². The van der Waals surface area contributed by atoms with Gasteiger partial charge in [-0.3, -0.25) is 12.9 Å². The molecule has 60 valence electrons. The Hall–Kier alpha value is 0.726. The van der Waals surface area contributed by atoms with E-state index in [0.29, 0.717) is 13.2 Å².